The zero-order chi connectivity index (χ0) is 16.6. The summed E-state index contributed by atoms with van der Waals surface area (Å²) in [7, 11) is 1.73. The first-order valence-corrected chi connectivity index (χ1v) is 8.09. The lowest BCUT2D eigenvalue weighted by Gasteiger charge is -2.37. The second-order valence-corrected chi connectivity index (χ2v) is 6.72. The standard InChI is InChI=1S/C18H23N3O2/c1-11(2)8-16-17(22)20-15(18(23)21(16)3)9-12-10-19-14-7-5-4-6-13(12)14/h4-7,10-11,15-16,19H,8-9H2,1-3H3,(H,20,22)/t15-,16+/m0/s1. The number of hydrogen-bond donors (Lipinski definition) is 2. The van der Waals surface area contributed by atoms with Crippen LogP contribution in [-0.2, 0) is 16.0 Å². The summed E-state index contributed by atoms with van der Waals surface area (Å²) >= 11 is 0. The molecule has 5 nitrogen and oxygen atoms in total. The van der Waals surface area contributed by atoms with Crippen LogP contribution >= 0.6 is 0 Å². The summed E-state index contributed by atoms with van der Waals surface area (Å²) in [5.74, 6) is 0.303. The number of carbonyl (C=O) groups excluding carboxylic acids is 2. The number of piperazine rings is 1. The molecule has 2 atom stereocenters. The minimum absolute atomic E-state index is 0.0134. The zero-order valence-corrected chi connectivity index (χ0v) is 13.8. The van der Waals surface area contributed by atoms with E-state index in [0.29, 0.717) is 18.8 Å². The van der Waals surface area contributed by atoms with Crippen molar-refractivity contribution >= 4 is 22.7 Å². The molecule has 5 heteroatoms. The molecule has 1 fully saturated rings. The highest BCUT2D eigenvalue weighted by Crippen LogP contribution is 2.22. The van der Waals surface area contributed by atoms with Crippen molar-refractivity contribution in [3.05, 3.63) is 36.0 Å². The van der Waals surface area contributed by atoms with Gasteiger partial charge in [-0.25, -0.2) is 0 Å². The molecule has 23 heavy (non-hydrogen) atoms. The lowest BCUT2D eigenvalue weighted by atomic mass is 9.96. The Balaban J connectivity index is 1.79. The van der Waals surface area contributed by atoms with E-state index in [-0.39, 0.29) is 17.9 Å². The van der Waals surface area contributed by atoms with E-state index in [2.05, 4.69) is 24.1 Å². The second kappa shape index (κ2) is 6.07. The summed E-state index contributed by atoms with van der Waals surface area (Å²) in [6, 6.07) is 7.13. The highest BCUT2D eigenvalue weighted by molar-refractivity contribution is 5.97. The van der Waals surface area contributed by atoms with Gasteiger partial charge in [-0.3, -0.25) is 9.59 Å². The van der Waals surface area contributed by atoms with Gasteiger partial charge in [0.1, 0.15) is 12.1 Å². The second-order valence-electron chi connectivity index (χ2n) is 6.72. The van der Waals surface area contributed by atoms with Crippen LogP contribution < -0.4 is 5.32 Å². The number of hydrogen-bond acceptors (Lipinski definition) is 2. The van der Waals surface area contributed by atoms with Crippen LogP contribution in [0.2, 0.25) is 0 Å². The van der Waals surface area contributed by atoms with Crippen molar-refractivity contribution in [2.75, 3.05) is 7.05 Å². The van der Waals surface area contributed by atoms with Crippen molar-refractivity contribution in [2.24, 2.45) is 5.92 Å². The summed E-state index contributed by atoms with van der Waals surface area (Å²) in [5, 5.41) is 4.01. The lowest BCUT2D eigenvalue weighted by molar-refractivity contribution is -0.148. The van der Waals surface area contributed by atoms with Crippen LogP contribution in [0.3, 0.4) is 0 Å². The van der Waals surface area contributed by atoms with Crippen molar-refractivity contribution in [3.8, 4) is 0 Å². The van der Waals surface area contributed by atoms with E-state index in [4.69, 9.17) is 0 Å². The molecule has 2 aromatic rings. The van der Waals surface area contributed by atoms with Crippen LogP contribution in [0.15, 0.2) is 30.5 Å². The molecule has 2 N–H and O–H groups in total. The van der Waals surface area contributed by atoms with E-state index in [1.54, 1.807) is 11.9 Å². The highest BCUT2D eigenvalue weighted by Gasteiger charge is 2.38. The molecule has 1 aromatic heterocycles. The van der Waals surface area contributed by atoms with E-state index in [0.717, 1.165) is 16.5 Å². The fourth-order valence-corrected chi connectivity index (χ4v) is 3.28. The van der Waals surface area contributed by atoms with E-state index in [1.807, 2.05) is 30.5 Å². The number of aromatic amines is 1. The van der Waals surface area contributed by atoms with Gasteiger partial charge in [0.05, 0.1) is 0 Å². The van der Waals surface area contributed by atoms with Gasteiger partial charge in [0, 0.05) is 30.6 Å². The van der Waals surface area contributed by atoms with Crippen molar-refractivity contribution in [2.45, 2.75) is 38.8 Å². The number of nitrogens with zero attached hydrogens (tertiary/aromatic N) is 1. The molecule has 3 rings (SSSR count). The Morgan fingerprint density at radius 3 is 2.70 bits per heavy atom. The first kappa shape index (κ1) is 15.6. The number of para-hydroxylation sites is 1. The Kier molecular flexibility index (Phi) is 4.11. The van der Waals surface area contributed by atoms with Gasteiger partial charge < -0.3 is 15.2 Å². The van der Waals surface area contributed by atoms with Crippen LogP contribution in [0.5, 0.6) is 0 Å². The Hall–Kier alpha value is -2.30. The lowest BCUT2D eigenvalue weighted by Crippen LogP contribution is -2.62. The van der Waals surface area contributed by atoms with Gasteiger partial charge in [-0.05, 0) is 24.0 Å². The zero-order valence-electron chi connectivity index (χ0n) is 13.8. The average Bonchev–Trinajstić information content (AvgIpc) is 2.92. The van der Waals surface area contributed by atoms with Gasteiger partial charge in [-0.2, -0.15) is 0 Å². The summed E-state index contributed by atoms with van der Waals surface area (Å²) in [5.41, 5.74) is 2.10. The Bertz CT molecular complexity index is 735. The van der Waals surface area contributed by atoms with Gasteiger partial charge in [0.2, 0.25) is 11.8 Å². The fourth-order valence-electron chi connectivity index (χ4n) is 3.28. The highest BCUT2D eigenvalue weighted by atomic mass is 16.2. The Morgan fingerprint density at radius 2 is 1.96 bits per heavy atom. The van der Waals surface area contributed by atoms with E-state index < -0.39 is 6.04 Å². The van der Waals surface area contributed by atoms with E-state index in [9.17, 15) is 9.59 Å². The fraction of sp³-hybridized carbons (Fsp3) is 0.444. The van der Waals surface area contributed by atoms with Crippen molar-refractivity contribution in [1.29, 1.82) is 0 Å². The molecule has 0 unspecified atom stereocenters. The molecule has 1 saturated heterocycles. The monoisotopic (exact) mass is 313 g/mol. The third-order valence-corrected chi connectivity index (χ3v) is 4.53. The maximum Gasteiger partial charge on any atom is 0.245 e. The predicted molar refractivity (Wildman–Crippen MR) is 89.9 cm³/mol. The smallest absolute Gasteiger partial charge is 0.245 e. The SMILES string of the molecule is CC(C)C[C@@H]1C(=O)N[C@@H](Cc2c[nH]c3ccccc23)C(=O)N1C. The first-order valence-electron chi connectivity index (χ1n) is 8.09. The molecule has 0 spiro atoms. The molecule has 122 valence electrons. The van der Waals surface area contributed by atoms with Gasteiger partial charge in [0.15, 0.2) is 0 Å². The molecular formula is C18H23N3O2. The Morgan fingerprint density at radius 1 is 1.22 bits per heavy atom. The third kappa shape index (κ3) is 2.96. The Labute approximate surface area is 136 Å². The van der Waals surface area contributed by atoms with Crippen molar-refractivity contribution in [3.63, 3.8) is 0 Å². The number of H-pyrrole nitrogens is 1. The quantitative estimate of drug-likeness (QED) is 0.907. The number of fused-ring (bicyclic) bond motifs is 1. The number of benzene rings is 1. The summed E-state index contributed by atoms with van der Waals surface area (Å²) < 4.78 is 0. The molecular weight excluding hydrogens is 290 g/mol. The third-order valence-electron chi connectivity index (χ3n) is 4.53. The molecule has 0 bridgehead atoms. The molecule has 0 saturated carbocycles. The average molecular weight is 313 g/mol. The van der Waals surface area contributed by atoms with E-state index in [1.165, 1.54) is 0 Å². The van der Waals surface area contributed by atoms with Crippen LogP contribution in [0.25, 0.3) is 10.9 Å². The molecule has 1 aliphatic rings. The van der Waals surface area contributed by atoms with Crippen LogP contribution in [0.1, 0.15) is 25.8 Å². The maximum absolute atomic E-state index is 12.6. The number of amides is 2. The predicted octanol–water partition coefficient (Wildman–Crippen LogP) is 2.08. The molecule has 2 heterocycles. The molecule has 1 aliphatic heterocycles. The largest absolute Gasteiger partial charge is 0.361 e. The van der Waals surface area contributed by atoms with Crippen molar-refractivity contribution < 1.29 is 9.59 Å². The van der Waals surface area contributed by atoms with Gasteiger partial charge >= 0.3 is 0 Å². The number of aromatic nitrogens is 1. The number of rotatable bonds is 4. The minimum Gasteiger partial charge on any atom is -0.361 e. The van der Waals surface area contributed by atoms with Crippen LogP contribution in [0.4, 0.5) is 0 Å². The number of nitrogens with one attached hydrogen (secondary N) is 2. The molecule has 2 amide bonds. The number of carbonyl (C=O) groups is 2. The van der Waals surface area contributed by atoms with Crippen LogP contribution in [0, 0.1) is 5.92 Å². The molecule has 1 aromatic carbocycles. The topological polar surface area (TPSA) is 65.2 Å². The number of likely N-dealkylation sites (N-methyl/N-ethyl adjacent to an activating group) is 1. The summed E-state index contributed by atoms with van der Waals surface area (Å²) in [6.07, 6.45) is 3.12. The summed E-state index contributed by atoms with van der Waals surface area (Å²) in [6.45, 7) is 4.12. The molecule has 0 radical (unpaired) electrons. The normalized spacial score (nSPS) is 22.0. The minimum atomic E-state index is -0.491. The van der Waals surface area contributed by atoms with Gasteiger partial charge in [-0.1, -0.05) is 32.0 Å². The molecule has 0 aliphatic carbocycles. The van der Waals surface area contributed by atoms with Crippen LogP contribution in [-0.4, -0.2) is 40.8 Å². The van der Waals surface area contributed by atoms with Gasteiger partial charge in [-0.15, -0.1) is 0 Å². The van der Waals surface area contributed by atoms with Gasteiger partial charge in [0.25, 0.3) is 0 Å². The maximum atomic E-state index is 12.6. The van der Waals surface area contributed by atoms with E-state index >= 15 is 0 Å². The van der Waals surface area contributed by atoms with Crippen molar-refractivity contribution in [1.82, 2.24) is 15.2 Å². The summed E-state index contributed by atoms with van der Waals surface area (Å²) in [4.78, 5) is 29.8. The first-order chi connectivity index (χ1) is 11.0.